The largest absolute Gasteiger partial charge is 0.489 e. The van der Waals surface area contributed by atoms with Gasteiger partial charge < -0.3 is 34.1 Å². The van der Waals surface area contributed by atoms with Gasteiger partial charge in [-0.25, -0.2) is 9.59 Å². The molecule has 0 saturated carbocycles. The Balaban J connectivity index is 0.963. The molecule has 2 amide bonds. The number of ether oxygens (including phenoxy) is 5. The first-order valence-corrected chi connectivity index (χ1v) is 20.7. The summed E-state index contributed by atoms with van der Waals surface area (Å²) in [6.45, 7) is 1.49. The van der Waals surface area contributed by atoms with Crippen LogP contribution in [0.25, 0.3) is 11.1 Å². The summed E-state index contributed by atoms with van der Waals surface area (Å²) in [5.41, 5.74) is 6.33. The van der Waals surface area contributed by atoms with E-state index in [9.17, 15) is 19.5 Å². The van der Waals surface area contributed by atoms with Gasteiger partial charge in [-0.15, -0.1) is 0 Å². The van der Waals surface area contributed by atoms with E-state index in [2.05, 4.69) is 11.4 Å². The molecule has 1 fully saturated rings. The summed E-state index contributed by atoms with van der Waals surface area (Å²) in [5.74, 6) is -0.169. The molecule has 5 aromatic rings. The maximum Gasteiger partial charge on any atom is 0.411 e. The van der Waals surface area contributed by atoms with Gasteiger partial charge in [-0.05, 0) is 87.5 Å². The Bertz CT molecular complexity index is 2450. The van der Waals surface area contributed by atoms with Gasteiger partial charge in [0.2, 0.25) is 5.91 Å². The molecule has 0 bridgehead atoms. The molecular weight excluding hydrogens is 821 g/mol. The molecule has 2 N–H and O–H groups in total. The van der Waals surface area contributed by atoms with Gasteiger partial charge in [-0.1, -0.05) is 77.8 Å². The van der Waals surface area contributed by atoms with E-state index in [1.165, 1.54) is 4.90 Å². The molecule has 3 atom stereocenters. The monoisotopic (exact) mass is 861 g/mol. The van der Waals surface area contributed by atoms with E-state index >= 15 is 0 Å². The van der Waals surface area contributed by atoms with Gasteiger partial charge in [-0.3, -0.25) is 9.69 Å². The van der Waals surface area contributed by atoms with Crippen molar-refractivity contribution in [1.82, 2.24) is 10.2 Å². The number of nitrogens with zero attached hydrogens (tertiary/aromatic N) is 2. The van der Waals surface area contributed by atoms with Crippen LogP contribution in [0, 0.1) is 11.3 Å². The predicted molar refractivity (Wildman–Crippen MR) is 226 cm³/mol. The molecule has 0 aliphatic carbocycles. The molecule has 14 heteroatoms. The lowest BCUT2D eigenvalue weighted by atomic mass is 9.92. The lowest BCUT2D eigenvalue weighted by molar-refractivity contribution is -0.142. The number of hydrogen-bond donors (Lipinski definition) is 2. The smallest absolute Gasteiger partial charge is 0.411 e. The number of hydrogen-bond acceptors (Lipinski definition) is 9. The third-order valence-corrected chi connectivity index (χ3v) is 11.8. The zero-order chi connectivity index (χ0) is 42.5. The number of nitrogens with one attached hydrogen (secondary N) is 1. The highest BCUT2D eigenvalue weighted by Gasteiger charge is 2.39. The van der Waals surface area contributed by atoms with Crippen molar-refractivity contribution in [3.8, 4) is 34.4 Å². The number of carbonyl (C=O) groups excluding carboxylic acids is 2. The minimum atomic E-state index is -1.27. The quantitative estimate of drug-likeness (QED) is 0.132. The maximum atomic E-state index is 14.1. The Morgan fingerprint density at radius 2 is 1.54 bits per heavy atom. The van der Waals surface area contributed by atoms with E-state index in [1.54, 1.807) is 24.3 Å². The number of halogens is 2. The highest BCUT2D eigenvalue weighted by atomic mass is 35.5. The fraction of sp³-hybridized carbons (Fsp3) is 0.277. The van der Waals surface area contributed by atoms with Crippen molar-refractivity contribution in [2.24, 2.45) is 0 Å². The van der Waals surface area contributed by atoms with E-state index in [0.29, 0.717) is 71.1 Å². The van der Waals surface area contributed by atoms with Crippen LogP contribution in [0.5, 0.6) is 17.2 Å². The summed E-state index contributed by atoms with van der Waals surface area (Å²) < 4.78 is 29.9. The van der Waals surface area contributed by atoms with Crippen LogP contribution in [-0.2, 0) is 45.1 Å². The molecule has 8 rings (SSSR count). The van der Waals surface area contributed by atoms with Gasteiger partial charge in [0.25, 0.3) is 0 Å². The molecule has 3 heterocycles. The van der Waals surface area contributed by atoms with Gasteiger partial charge >= 0.3 is 12.1 Å². The van der Waals surface area contributed by atoms with Gasteiger partial charge in [0, 0.05) is 25.7 Å². The van der Waals surface area contributed by atoms with Crippen molar-refractivity contribution in [2.45, 2.75) is 63.1 Å². The summed E-state index contributed by atoms with van der Waals surface area (Å²) >= 11 is 12.2. The first kappa shape index (κ1) is 41.5. The fourth-order valence-corrected chi connectivity index (χ4v) is 7.92. The lowest BCUT2D eigenvalue weighted by Gasteiger charge is -2.38. The maximum absolute atomic E-state index is 14.1. The highest BCUT2D eigenvalue weighted by molar-refractivity contribution is 6.42. The molecule has 5 aromatic carbocycles. The van der Waals surface area contributed by atoms with Crippen LogP contribution in [0.15, 0.2) is 103 Å². The number of nitriles is 1. The Hall–Kier alpha value is -6.26. The molecule has 0 spiro atoms. The van der Waals surface area contributed by atoms with Crippen molar-refractivity contribution < 1.29 is 43.2 Å². The molecule has 0 radical (unpaired) electrons. The molecule has 312 valence electrons. The Kier molecular flexibility index (Phi) is 12.6. The second kappa shape index (κ2) is 18.6. The first-order chi connectivity index (χ1) is 29.6. The number of rotatable bonds is 11. The standard InChI is InChI=1S/C47H41Cl2N3O9/c48-38-14-5-30(19-39(38)49)26-58-36-12-10-33(11-13-36)44-27-59-42-22-34-21-41(52(25-35(34)23-43(42)61-44)47(56)60-37-15-17-57-18-16-37)45(53)51-40(46(54)55)20-28-1-6-31(7-2-28)32-8-3-29(24-50)4-9-32/h1-14,19,22-23,37,40-41,44H,15-18,20-21,25-27H2,(H,51,53)(H,54,55)/t40-,41-,44?/m0/s1. The van der Waals surface area contributed by atoms with Gasteiger partial charge in [0.05, 0.1) is 41.4 Å². The van der Waals surface area contributed by atoms with E-state index < -0.39 is 36.2 Å². The average Bonchev–Trinajstić information content (AvgIpc) is 3.28. The SMILES string of the molecule is N#Cc1ccc(-c2ccc(C[C@H](NC(=O)[C@@H]3Cc4cc5c(cc4CN3C(=O)OC3CCOCC3)OC(c3ccc(OCc4ccc(Cl)c(Cl)c4)cc3)CO5)C(=O)O)cc2)cc1. The Morgan fingerprint density at radius 1 is 0.852 bits per heavy atom. The highest BCUT2D eigenvalue weighted by Crippen LogP contribution is 2.41. The molecule has 1 unspecified atom stereocenters. The van der Waals surface area contributed by atoms with E-state index in [4.69, 9.17) is 52.1 Å². The number of fused-ring (bicyclic) bond motifs is 2. The predicted octanol–water partition coefficient (Wildman–Crippen LogP) is 8.48. The van der Waals surface area contributed by atoms with Crippen molar-refractivity contribution in [3.63, 3.8) is 0 Å². The van der Waals surface area contributed by atoms with Crippen LogP contribution in [0.4, 0.5) is 4.79 Å². The summed E-state index contributed by atoms with van der Waals surface area (Å²) in [5, 5.41) is 23.0. The molecule has 3 aliphatic rings. The van der Waals surface area contributed by atoms with Crippen molar-refractivity contribution in [2.75, 3.05) is 19.8 Å². The molecular formula is C47H41Cl2N3O9. The average molecular weight is 863 g/mol. The van der Waals surface area contributed by atoms with Crippen molar-refractivity contribution in [3.05, 3.63) is 147 Å². The second-order valence-electron chi connectivity index (χ2n) is 15.1. The molecule has 1 saturated heterocycles. The summed E-state index contributed by atoms with van der Waals surface area (Å²) in [6.07, 6.45) is -0.300. The normalized spacial score (nSPS) is 17.6. The van der Waals surface area contributed by atoms with Crippen LogP contribution >= 0.6 is 23.2 Å². The first-order valence-electron chi connectivity index (χ1n) is 19.9. The molecule has 61 heavy (non-hydrogen) atoms. The number of carbonyl (C=O) groups is 3. The number of benzene rings is 5. The number of amides is 2. The third kappa shape index (κ3) is 9.87. The van der Waals surface area contributed by atoms with Crippen LogP contribution in [0.2, 0.25) is 10.0 Å². The topological polar surface area (TPSA) is 157 Å². The number of carboxylic acid groups (broad SMARTS) is 1. The number of carboxylic acids is 1. The fourth-order valence-electron chi connectivity index (χ4n) is 7.59. The Morgan fingerprint density at radius 3 is 2.23 bits per heavy atom. The molecule has 0 aromatic heterocycles. The van der Waals surface area contributed by atoms with E-state index in [0.717, 1.165) is 33.4 Å². The summed E-state index contributed by atoms with van der Waals surface area (Å²) in [4.78, 5) is 41.9. The van der Waals surface area contributed by atoms with Gasteiger partial charge in [0.1, 0.15) is 37.2 Å². The summed E-state index contributed by atoms with van der Waals surface area (Å²) in [7, 11) is 0. The number of aliphatic carboxylic acids is 1. The minimum absolute atomic E-state index is 0.0128. The molecule has 3 aliphatic heterocycles. The van der Waals surface area contributed by atoms with Gasteiger partial charge in [0.15, 0.2) is 17.6 Å². The zero-order valence-electron chi connectivity index (χ0n) is 32.9. The minimum Gasteiger partial charge on any atom is -0.489 e. The van der Waals surface area contributed by atoms with Crippen molar-refractivity contribution in [1.29, 1.82) is 5.26 Å². The summed E-state index contributed by atoms with van der Waals surface area (Å²) in [6, 6.07) is 30.8. The zero-order valence-corrected chi connectivity index (χ0v) is 34.4. The second-order valence-corrected chi connectivity index (χ2v) is 15.9. The Labute approximate surface area is 362 Å². The molecule has 12 nitrogen and oxygen atoms in total. The lowest BCUT2D eigenvalue weighted by Crippen LogP contribution is -2.56. The van der Waals surface area contributed by atoms with Crippen molar-refractivity contribution >= 4 is 41.2 Å². The van der Waals surface area contributed by atoms with E-state index in [1.807, 2.05) is 78.9 Å². The van der Waals surface area contributed by atoms with Crippen LogP contribution < -0.4 is 19.5 Å². The van der Waals surface area contributed by atoms with E-state index in [-0.39, 0.29) is 32.1 Å². The van der Waals surface area contributed by atoms with Crippen LogP contribution in [0.3, 0.4) is 0 Å². The van der Waals surface area contributed by atoms with Crippen LogP contribution in [-0.4, -0.2) is 66.0 Å². The third-order valence-electron chi connectivity index (χ3n) is 11.0. The van der Waals surface area contributed by atoms with Gasteiger partial charge in [-0.2, -0.15) is 5.26 Å². The van der Waals surface area contributed by atoms with Crippen LogP contribution in [0.1, 0.15) is 52.3 Å².